The number of rotatable bonds is 4. The van der Waals surface area contributed by atoms with Crippen LogP contribution in [0.5, 0.6) is 0 Å². The third-order valence-electron chi connectivity index (χ3n) is 3.41. The topological polar surface area (TPSA) is 46.5 Å². The highest BCUT2D eigenvalue weighted by molar-refractivity contribution is 5.77. The van der Waals surface area contributed by atoms with Gasteiger partial charge in [-0.05, 0) is 30.4 Å². The van der Waals surface area contributed by atoms with Crippen LogP contribution in [0.15, 0.2) is 24.3 Å². The molecular weight excluding hydrogens is 204 g/mol. The summed E-state index contributed by atoms with van der Waals surface area (Å²) in [6, 6.07) is 7.97. The molecule has 0 radical (unpaired) electrons. The Balaban J connectivity index is 2.24. The average Bonchev–Trinajstić information content (AvgIpc) is 2.66. The van der Waals surface area contributed by atoms with E-state index in [9.17, 15) is 9.90 Å². The number of hydrogen-bond donors (Lipinski definition) is 1. The molecule has 0 atom stereocenters. The maximum atomic E-state index is 11.4. The largest absolute Gasteiger partial charge is 0.481 e. The van der Waals surface area contributed by atoms with Crippen LogP contribution in [0.4, 0.5) is 0 Å². The Hall–Kier alpha value is -1.35. The Morgan fingerprint density at radius 1 is 1.38 bits per heavy atom. The van der Waals surface area contributed by atoms with Crippen molar-refractivity contribution in [3.05, 3.63) is 35.4 Å². The van der Waals surface area contributed by atoms with Gasteiger partial charge in [-0.2, -0.15) is 0 Å². The number of methoxy groups -OCH3 is 1. The number of ether oxygens (including phenoxy) is 1. The fraction of sp³-hybridized carbons (Fsp3) is 0.462. The van der Waals surface area contributed by atoms with Gasteiger partial charge in [0.15, 0.2) is 0 Å². The lowest BCUT2D eigenvalue weighted by Gasteiger charge is -2.23. The molecule has 1 aromatic carbocycles. The first-order valence-electron chi connectivity index (χ1n) is 5.47. The van der Waals surface area contributed by atoms with Crippen LogP contribution < -0.4 is 0 Å². The summed E-state index contributed by atoms with van der Waals surface area (Å²) in [4.78, 5) is 11.4. The van der Waals surface area contributed by atoms with Gasteiger partial charge >= 0.3 is 5.97 Å². The number of carboxylic acids is 1. The van der Waals surface area contributed by atoms with Crippen LogP contribution in [0.25, 0.3) is 0 Å². The Morgan fingerprint density at radius 3 is 2.38 bits per heavy atom. The maximum absolute atomic E-state index is 11.4. The normalized spacial score (nSPS) is 17.1. The highest BCUT2D eigenvalue weighted by Crippen LogP contribution is 2.39. The Morgan fingerprint density at radius 2 is 1.94 bits per heavy atom. The molecule has 0 saturated carbocycles. The minimum atomic E-state index is -0.708. The van der Waals surface area contributed by atoms with Crippen LogP contribution in [0.3, 0.4) is 0 Å². The zero-order chi connectivity index (χ0) is 11.6. The number of carboxylic acid groups (broad SMARTS) is 1. The molecule has 0 bridgehead atoms. The van der Waals surface area contributed by atoms with Crippen molar-refractivity contribution in [3.63, 3.8) is 0 Å². The first kappa shape index (κ1) is 11.1. The van der Waals surface area contributed by atoms with E-state index < -0.39 is 11.4 Å². The van der Waals surface area contributed by atoms with Gasteiger partial charge in [0.2, 0.25) is 0 Å². The van der Waals surface area contributed by atoms with Crippen molar-refractivity contribution in [1.82, 2.24) is 0 Å². The van der Waals surface area contributed by atoms with Gasteiger partial charge in [-0.1, -0.05) is 24.3 Å². The number of hydrogen-bond acceptors (Lipinski definition) is 2. The second kappa shape index (κ2) is 4.26. The van der Waals surface area contributed by atoms with Crippen molar-refractivity contribution >= 4 is 5.97 Å². The molecule has 0 aromatic heterocycles. The fourth-order valence-electron chi connectivity index (χ4n) is 2.43. The molecular formula is C13H16O3. The highest BCUT2D eigenvalue weighted by atomic mass is 16.5. The molecule has 86 valence electrons. The van der Waals surface area contributed by atoms with E-state index in [1.807, 2.05) is 24.3 Å². The molecule has 3 nitrogen and oxygen atoms in total. The smallest absolute Gasteiger partial charge is 0.310 e. The minimum Gasteiger partial charge on any atom is -0.481 e. The van der Waals surface area contributed by atoms with Crippen molar-refractivity contribution in [2.24, 2.45) is 5.41 Å². The average molecular weight is 220 g/mol. The van der Waals surface area contributed by atoms with Crippen LogP contribution in [0.2, 0.25) is 0 Å². The van der Waals surface area contributed by atoms with Gasteiger partial charge in [0.25, 0.3) is 0 Å². The summed E-state index contributed by atoms with van der Waals surface area (Å²) >= 11 is 0. The second-order valence-electron chi connectivity index (χ2n) is 4.45. The SMILES string of the molecule is COCCC1(C(=O)O)Cc2ccccc2C1. The van der Waals surface area contributed by atoms with Gasteiger partial charge in [-0.3, -0.25) is 4.79 Å². The summed E-state index contributed by atoms with van der Waals surface area (Å²) in [5.74, 6) is -0.708. The summed E-state index contributed by atoms with van der Waals surface area (Å²) in [5.41, 5.74) is 1.68. The fourth-order valence-corrected chi connectivity index (χ4v) is 2.43. The molecule has 0 aliphatic heterocycles. The molecule has 2 rings (SSSR count). The Labute approximate surface area is 95.0 Å². The predicted molar refractivity (Wildman–Crippen MR) is 60.4 cm³/mol. The molecule has 0 amide bonds. The number of fused-ring (bicyclic) bond motifs is 1. The standard InChI is InChI=1S/C13H16O3/c1-16-7-6-13(12(14)15)8-10-4-2-3-5-11(10)9-13/h2-5H,6-9H2,1H3,(H,14,15). The lowest BCUT2D eigenvalue weighted by molar-refractivity contribution is -0.149. The lowest BCUT2D eigenvalue weighted by Crippen LogP contribution is -2.33. The van der Waals surface area contributed by atoms with Gasteiger partial charge < -0.3 is 9.84 Å². The van der Waals surface area contributed by atoms with Gasteiger partial charge in [-0.15, -0.1) is 0 Å². The van der Waals surface area contributed by atoms with Crippen molar-refractivity contribution in [2.45, 2.75) is 19.3 Å². The third kappa shape index (κ3) is 1.83. The molecule has 1 N–H and O–H groups in total. The van der Waals surface area contributed by atoms with E-state index in [0.717, 1.165) is 0 Å². The molecule has 0 unspecified atom stereocenters. The molecule has 0 fully saturated rings. The Kier molecular flexibility index (Phi) is 2.97. The van der Waals surface area contributed by atoms with Crippen molar-refractivity contribution in [2.75, 3.05) is 13.7 Å². The predicted octanol–water partition coefficient (Wildman–Crippen LogP) is 1.89. The van der Waals surface area contributed by atoms with Crippen molar-refractivity contribution in [1.29, 1.82) is 0 Å². The van der Waals surface area contributed by atoms with Crippen LogP contribution in [0.1, 0.15) is 17.5 Å². The van der Waals surface area contributed by atoms with E-state index >= 15 is 0 Å². The van der Waals surface area contributed by atoms with Crippen LogP contribution in [-0.4, -0.2) is 24.8 Å². The van der Waals surface area contributed by atoms with Crippen molar-refractivity contribution in [3.8, 4) is 0 Å². The van der Waals surface area contributed by atoms with Gasteiger partial charge in [0, 0.05) is 13.7 Å². The summed E-state index contributed by atoms with van der Waals surface area (Å²) in [6.45, 7) is 0.500. The first-order valence-corrected chi connectivity index (χ1v) is 5.47. The van der Waals surface area contributed by atoms with E-state index in [2.05, 4.69) is 0 Å². The molecule has 16 heavy (non-hydrogen) atoms. The summed E-state index contributed by atoms with van der Waals surface area (Å²) in [6.07, 6.45) is 1.83. The maximum Gasteiger partial charge on any atom is 0.310 e. The summed E-state index contributed by atoms with van der Waals surface area (Å²) in [7, 11) is 1.61. The highest BCUT2D eigenvalue weighted by Gasteiger charge is 2.43. The Bertz CT molecular complexity index is 373. The molecule has 0 heterocycles. The molecule has 1 aliphatic carbocycles. The van der Waals surface area contributed by atoms with Crippen LogP contribution in [0, 0.1) is 5.41 Å². The zero-order valence-corrected chi connectivity index (χ0v) is 9.40. The molecule has 0 saturated heterocycles. The van der Waals surface area contributed by atoms with Gasteiger partial charge in [0.05, 0.1) is 5.41 Å². The van der Waals surface area contributed by atoms with E-state index in [1.165, 1.54) is 11.1 Å². The molecule has 1 aliphatic rings. The molecule has 0 spiro atoms. The number of carbonyl (C=O) groups is 1. The van der Waals surface area contributed by atoms with Gasteiger partial charge in [0.1, 0.15) is 0 Å². The van der Waals surface area contributed by atoms with Crippen LogP contribution in [-0.2, 0) is 22.4 Å². The zero-order valence-electron chi connectivity index (χ0n) is 9.40. The van der Waals surface area contributed by atoms with Crippen LogP contribution >= 0.6 is 0 Å². The third-order valence-corrected chi connectivity index (χ3v) is 3.41. The van der Waals surface area contributed by atoms with Gasteiger partial charge in [-0.25, -0.2) is 0 Å². The van der Waals surface area contributed by atoms with E-state index in [4.69, 9.17) is 4.74 Å². The quantitative estimate of drug-likeness (QED) is 0.842. The monoisotopic (exact) mass is 220 g/mol. The van der Waals surface area contributed by atoms with Crippen molar-refractivity contribution < 1.29 is 14.6 Å². The number of benzene rings is 1. The van der Waals surface area contributed by atoms with E-state index in [-0.39, 0.29) is 0 Å². The first-order chi connectivity index (χ1) is 7.68. The molecule has 1 aromatic rings. The van der Waals surface area contributed by atoms with E-state index in [1.54, 1.807) is 7.11 Å². The summed E-state index contributed by atoms with van der Waals surface area (Å²) in [5, 5.41) is 9.41. The lowest BCUT2D eigenvalue weighted by atomic mass is 9.82. The number of aliphatic carboxylic acids is 1. The second-order valence-corrected chi connectivity index (χ2v) is 4.45. The minimum absolute atomic E-state index is 0.500. The van der Waals surface area contributed by atoms with E-state index in [0.29, 0.717) is 25.9 Å². The summed E-state index contributed by atoms with van der Waals surface area (Å²) < 4.78 is 5.01. The molecule has 3 heteroatoms.